The second-order valence-corrected chi connectivity index (χ2v) is 3.72. The van der Waals surface area contributed by atoms with Gasteiger partial charge >= 0.3 is 5.97 Å². The Kier molecular flexibility index (Phi) is 4.97. The minimum absolute atomic E-state index is 0.411. The molecule has 0 radical (unpaired) electrons. The lowest BCUT2D eigenvalue weighted by Gasteiger charge is -2.21. The molecule has 0 amide bonds. The van der Waals surface area contributed by atoms with Gasteiger partial charge in [-0.05, 0) is 12.5 Å². The van der Waals surface area contributed by atoms with E-state index in [4.69, 9.17) is 4.74 Å². The number of hydrogen-bond donors (Lipinski definition) is 1. The van der Waals surface area contributed by atoms with E-state index in [9.17, 15) is 9.90 Å². The molecular weight excluding hydrogens is 220 g/mol. The summed E-state index contributed by atoms with van der Waals surface area (Å²) in [5.41, 5.74) is 0.604. The standard InChI is InChI=1S/C13H18O4/c1-4-9(13(15)17-3)12(14)10-7-5-6-8-11(10)16-2/h5-9,12,14H,4H2,1-3H3. The van der Waals surface area contributed by atoms with E-state index in [1.165, 1.54) is 14.2 Å². The van der Waals surface area contributed by atoms with E-state index < -0.39 is 18.0 Å². The minimum atomic E-state index is -0.913. The Balaban J connectivity index is 3.01. The molecule has 2 atom stereocenters. The van der Waals surface area contributed by atoms with Crippen molar-refractivity contribution < 1.29 is 19.4 Å². The average molecular weight is 238 g/mol. The lowest BCUT2D eigenvalue weighted by atomic mass is 9.93. The van der Waals surface area contributed by atoms with Crippen molar-refractivity contribution in [2.45, 2.75) is 19.4 Å². The summed E-state index contributed by atoms with van der Waals surface area (Å²) < 4.78 is 9.84. The monoisotopic (exact) mass is 238 g/mol. The minimum Gasteiger partial charge on any atom is -0.496 e. The summed E-state index contributed by atoms with van der Waals surface area (Å²) in [4.78, 5) is 11.5. The van der Waals surface area contributed by atoms with Crippen LogP contribution in [0.3, 0.4) is 0 Å². The maximum atomic E-state index is 11.5. The summed E-state index contributed by atoms with van der Waals surface area (Å²) in [5.74, 6) is -0.412. The number of aliphatic hydroxyl groups is 1. The van der Waals surface area contributed by atoms with Crippen LogP contribution in [0.2, 0.25) is 0 Å². The van der Waals surface area contributed by atoms with Crippen LogP contribution < -0.4 is 4.74 Å². The van der Waals surface area contributed by atoms with Gasteiger partial charge < -0.3 is 14.6 Å². The predicted octanol–water partition coefficient (Wildman–Crippen LogP) is 1.93. The molecule has 4 nitrogen and oxygen atoms in total. The Bertz CT molecular complexity index is 375. The van der Waals surface area contributed by atoms with Gasteiger partial charge in [-0.2, -0.15) is 0 Å². The molecule has 0 aliphatic heterocycles. The van der Waals surface area contributed by atoms with Crippen LogP contribution >= 0.6 is 0 Å². The van der Waals surface area contributed by atoms with Gasteiger partial charge in [0.25, 0.3) is 0 Å². The van der Waals surface area contributed by atoms with Crippen LogP contribution in [0.25, 0.3) is 0 Å². The maximum Gasteiger partial charge on any atom is 0.311 e. The van der Waals surface area contributed by atoms with Crippen molar-refractivity contribution >= 4 is 5.97 Å². The first kappa shape index (κ1) is 13.5. The van der Waals surface area contributed by atoms with Crippen molar-refractivity contribution in [3.63, 3.8) is 0 Å². The maximum absolute atomic E-state index is 11.5. The van der Waals surface area contributed by atoms with E-state index in [0.717, 1.165) is 0 Å². The number of esters is 1. The number of hydrogen-bond acceptors (Lipinski definition) is 4. The van der Waals surface area contributed by atoms with Gasteiger partial charge in [-0.1, -0.05) is 25.1 Å². The van der Waals surface area contributed by atoms with E-state index >= 15 is 0 Å². The lowest BCUT2D eigenvalue weighted by Crippen LogP contribution is -2.23. The summed E-state index contributed by atoms with van der Waals surface area (Å²) in [7, 11) is 2.85. The van der Waals surface area contributed by atoms with Crippen LogP contribution in [-0.2, 0) is 9.53 Å². The van der Waals surface area contributed by atoms with Crippen LogP contribution in [0.15, 0.2) is 24.3 Å². The Morgan fingerprint density at radius 3 is 2.53 bits per heavy atom. The zero-order valence-electron chi connectivity index (χ0n) is 10.3. The summed E-state index contributed by atoms with van der Waals surface area (Å²) >= 11 is 0. The molecule has 1 aromatic carbocycles. The second-order valence-electron chi connectivity index (χ2n) is 3.72. The topological polar surface area (TPSA) is 55.8 Å². The fourth-order valence-corrected chi connectivity index (χ4v) is 1.80. The fraction of sp³-hybridized carbons (Fsp3) is 0.462. The number of carbonyl (C=O) groups is 1. The molecule has 4 heteroatoms. The Morgan fingerprint density at radius 2 is 2.00 bits per heavy atom. The molecule has 1 rings (SSSR count). The molecular formula is C13H18O4. The molecule has 0 aliphatic rings. The number of rotatable bonds is 5. The van der Waals surface area contributed by atoms with Crippen molar-refractivity contribution in [3.8, 4) is 5.75 Å². The van der Waals surface area contributed by atoms with E-state index in [2.05, 4.69) is 4.74 Å². The first-order valence-corrected chi connectivity index (χ1v) is 5.54. The number of para-hydroxylation sites is 1. The van der Waals surface area contributed by atoms with Gasteiger partial charge in [0.2, 0.25) is 0 Å². The van der Waals surface area contributed by atoms with Gasteiger partial charge in [-0.25, -0.2) is 0 Å². The third kappa shape index (κ3) is 2.97. The van der Waals surface area contributed by atoms with E-state index in [-0.39, 0.29) is 0 Å². The van der Waals surface area contributed by atoms with Gasteiger partial charge in [-0.15, -0.1) is 0 Å². The number of benzene rings is 1. The van der Waals surface area contributed by atoms with Crippen molar-refractivity contribution in [2.24, 2.45) is 5.92 Å². The molecule has 2 unspecified atom stereocenters. The highest BCUT2D eigenvalue weighted by Crippen LogP contribution is 2.31. The summed E-state index contributed by atoms with van der Waals surface area (Å²) in [5, 5.41) is 10.2. The summed E-state index contributed by atoms with van der Waals surface area (Å²) in [6.45, 7) is 1.83. The molecule has 0 fully saturated rings. The number of carbonyl (C=O) groups excluding carboxylic acids is 1. The molecule has 17 heavy (non-hydrogen) atoms. The largest absolute Gasteiger partial charge is 0.496 e. The van der Waals surface area contributed by atoms with Gasteiger partial charge in [0.1, 0.15) is 5.75 Å². The van der Waals surface area contributed by atoms with Crippen molar-refractivity contribution in [1.29, 1.82) is 0 Å². The number of ether oxygens (including phenoxy) is 2. The van der Waals surface area contributed by atoms with Crippen molar-refractivity contribution in [3.05, 3.63) is 29.8 Å². The first-order chi connectivity index (χ1) is 8.15. The highest BCUT2D eigenvalue weighted by molar-refractivity contribution is 5.73. The first-order valence-electron chi connectivity index (χ1n) is 5.54. The molecule has 1 aromatic rings. The SMILES string of the molecule is CCC(C(=O)OC)C(O)c1ccccc1OC. The van der Waals surface area contributed by atoms with E-state index in [1.807, 2.05) is 13.0 Å². The van der Waals surface area contributed by atoms with Crippen LogP contribution in [0.5, 0.6) is 5.75 Å². The fourth-order valence-electron chi connectivity index (χ4n) is 1.80. The average Bonchev–Trinajstić information content (AvgIpc) is 2.38. The quantitative estimate of drug-likeness (QED) is 0.796. The zero-order valence-corrected chi connectivity index (χ0v) is 10.3. The lowest BCUT2D eigenvalue weighted by molar-refractivity contribution is -0.149. The van der Waals surface area contributed by atoms with Crippen molar-refractivity contribution in [2.75, 3.05) is 14.2 Å². The van der Waals surface area contributed by atoms with Gasteiger partial charge in [0.15, 0.2) is 0 Å². The summed E-state index contributed by atoms with van der Waals surface area (Å²) in [6.07, 6.45) is -0.407. The highest BCUT2D eigenvalue weighted by Gasteiger charge is 2.28. The summed E-state index contributed by atoms with van der Waals surface area (Å²) in [6, 6.07) is 7.11. The molecule has 0 aromatic heterocycles. The predicted molar refractivity (Wildman–Crippen MR) is 63.8 cm³/mol. The number of methoxy groups -OCH3 is 2. The molecule has 0 bridgehead atoms. The van der Waals surface area contributed by atoms with E-state index in [0.29, 0.717) is 17.7 Å². The molecule has 1 N–H and O–H groups in total. The van der Waals surface area contributed by atoms with Gasteiger partial charge in [0.05, 0.1) is 26.2 Å². The molecule has 0 saturated carbocycles. The highest BCUT2D eigenvalue weighted by atomic mass is 16.5. The normalized spacial score (nSPS) is 13.9. The smallest absolute Gasteiger partial charge is 0.311 e. The molecule has 0 aliphatic carbocycles. The molecule has 94 valence electrons. The van der Waals surface area contributed by atoms with Gasteiger partial charge in [0, 0.05) is 5.56 Å². The third-order valence-electron chi connectivity index (χ3n) is 2.78. The molecule has 0 heterocycles. The Morgan fingerprint density at radius 1 is 1.35 bits per heavy atom. The third-order valence-corrected chi connectivity index (χ3v) is 2.78. The van der Waals surface area contributed by atoms with E-state index in [1.54, 1.807) is 18.2 Å². The van der Waals surface area contributed by atoms with Crippen LogP contribution in [0.4, 0.5) is 0 Å². The molecule has 0 saturated heterocycles. The number of aliphatic hydroxyl groups excluding tert-OH is 1. The molecule has 0 spiro atoms. The van der Waals surface area contributed by atoms with Crippen molar-refractivity contribution in [1.82, 2.24) is 0 Å². The second kappa shape index (κ2) is 6.25. The Hall–Kier alpha value is -1.55. The van der Waals surface area contributed by atoms with Crippen LogP contribution in [0.1, 0.15) is 25.0 Å². The van der Waals surface area contributed by atoms with Crippen LogP contribution in [0, 0.1) is 5.92 Å². The van der Waals surface area contributed by atoms with Gasteiger partial charge in [-0.3, -0.25) is 4.79 Å². The zero-order chi connectivity index (χ0) is 12.8. The Labute approximate surface area is 101 Å². The van der Waals surface area contributed by atoms with Crippen LogP contribution in [-0.4, -0.2) is 25.3 Å².